The number of nitrogens with one attached hydrogen (secondary N) is 2. The van der Waals surface area contributed by atoms with Gasteiger partial charge in [-0.3, -0.25) is 4.90 Å². The molecule has 1 aliphatic rings. The molecule has 148 valence electrons. The van der Waals surface area contributed by atoms with E-state index in [-0.39, 0.29) is 16.3 Å². The fourth-order valence-electron chi connectivity index (χ4n) is 3.14. The predicted molar refractivity (Wildman–Crippen MR) is 109 cm³/mol. The molecular formula is C17H24N4O3S3. The number of primary sulfonamides is 1. The van der Waals surface area contributed by atoms with E-state index >= 15 is 0 Å². The van der Waals surface area contributed by atoms with Gasteiger partial charge in [0, 0.05) is 22.8 Å². The van der Waals surface area contributed by atoms with Crippen LogP contribution in [0.5, 0.6) is 0 Å². The molecule has 0 aromatic carbocycles. The zero-order chi connectivity index (χ0) is 19.3. The first kappa shape index (κ1) is 20.3. The maximum atomic E-state index is 12.1. The molecule has 1 aliphatic heterocycles. The fraction of sp³-hybridized carbons (Fsp3) is 0.471. The molecule has 2 aromatic heterocycles. The third-order valence-corrected chi connectivity index (χ3v) is 8.04. The minimum Gasteiger partial charge on any atom is -0.338 e. The first-order valence-corrected chi connectivity index (χ1v) is 12.1. The van der Waals surface area contributed by atoms with Crippen molar-refractivity contribution in [2.75, 3.05) is 26.2 Å². The molecule has 27 heavy (non-hydrogen) atoms. The second kappa shape index (κ2) is 9.16. The van der Waals surface area contributed by atoms with Crippen molar-refractivity contribution >= 4 is 38.7 Å². The number of carbonyl (C=O) groups excluding carboxylic acids is 1. The Morgan fingerprint density at radius 2 is 2.00 bits per heavy atom. The molecule has 2 amide bonds. The van der Waals surface area contributed by atoms with Gasteiger partial charge in [-0.15, -0.1) is 22.7 Å². The summed E-state index contributed by atoms with van der Waals surface area (Å²) in [4.78, 5) is 16.7. The van der Waals surface area contributed by atoms with Crippen molar-refractivity contribution in [1.82, 2.24) is 15.5 Å². The molecule has 1 atom stereocenters. The smallest absolute Gasteiger partial charge is 0.314 e. The number of hydrogen-bond donors (Lipinski definition) is 3. The van der Waals surface area contributed by atoms with E-state index in [0.29, 0.717) is 19.5 Å². The van der Waals surface area contributed by atoms with Crippen molar-refractivity contribution in [3.63, 3.8) is 0 Å². The van der Waals surface area contributed by atoms with Crippen molar-refractivity contribution in [3.8, 4) is 0 Å². The lowest BCUT2D eigenvalue weighted by atomic mass is 10.2. The number of carbonyl (C=O) groups is 1. The summed E-state index contributed by atoms with van der Waals surface area (Å²) in [5, 5.41) is 13.0. The van der Waals surface area contributed by atoms with E-state index in [0.717, 1.165) is 29.3 Å². The quantitative estimate of drug-likeness (QED) is 0.599. The largest absolute Gasteiger partial charge is 0.338 e. The van der Waals surface area contributed by atoms with E-state index in [2.05, 4.69) is 27.0 Å². The van der Waals surface area contributed by atoms with Crippen molar-refractivity contribution in [2.45, 2.75) is 29.5 Å². The maximum absolute atomic E-state index is 12.1. The number of rotatable bonds is 8. The van der Waals surface area contributed by atoms with Crippen molar-refractivity contribution in [3.05, 3.63) is 39.4 Å². The van der Waals surface area contributed by atoms with Gasteiger partial charge < -0.3 is 10.6 Å². The molecule has 4 N–H and O–H groups in total. The SMILES string of the molecule is NS(=O)(=O)c1ccc(CCNC(=O)NC[C@H](c2cccs2)N2CCCC2)s1. The zero-order valence-electron chi connectivity index (χ0n) is 14.9. The van der Waals surface area contributed by atoms with Crippen LogP contribution in [-0.2, 0) is 16.4 Å². The van der Waals surface area contributed by atoms with E-state index in [9.17, 15) is 13.2 Å². The third-order valence-electron chi connectivity index (χ3n) is 4.48. The standard InChI is InChI=1S/C17H24N4O3S3/c18-27(23,24)16-6-5-13(26-16)7-8-19-17(22)20-12-14(15-4-3-11-25-15)21-9-1-2-10-21/h3-6,11,14H,1-2,7-10,12H2,(H2,18,23,24)(H2,19,20,22)/t14-/m1/s1. The lowest BCUT2D eigenvalue weighted by Crippen LogP contribution is -2.41. The highest BCUT2D eigenvalue weighted by molar-refractivity contribution is 7.91. The summed E-state index contributed by atoms with van der Waals surface area (Å²) in [6, 6.07) is 7.39. The predicted octanol–water partition coefficient (Wildman–Crippen LogP) is 2.14. The van der Waals surface area contributed by atoms with Crippen molar-refractivity contribution in [2.24, 2.45) is 5.14 Å². The summed E-state index contributed by atoms with van der Waals surface area (Å²) < 4.78 is 22.7. The summed E-state index contributed by atoms with van der Waals surface area (Å²) in [6.45, 7) is 3.14. The molecule has 1 fully saturated rings. The lowest BCUT2D eigenvalue weighted by molar-refractivity contribution is 0.222. The van der Waals surface area contributed by atoms with Gasteiger partial charge in [-0.25, -0.2) is 18.4 Å². The molecular weight excluding hydrogens is 404 g/mol. The Kier molecular flexibility index (Phi) is 6.88. The molecule has 1 saturated heterocycles. The second-order valence-corrected chi connectivity index (χ2v) is 10.4. The normalized spacial score (nSPS) is 16.3. The van der Waals surface area contributed by atoms with Gasteiger partial charge >= 0.3 is 6.03 Å². The van der Waals surface area contributed by atoms with Crippen LogP contribution in [0.15, 0.2) is 33.9 Å². The Balaban J connectivity index is 1.45. The molecule has 0 spiro atoms. The Morgan fingerprint density at radius 1 is 1.22 bits per heavy atom. The maximum Gasteiger partial charge on any atom is 0.314 e. The van der Waals surface area contributed by atoms with Gasteiger partial charge in [0.25, 0.3) is 0 Å². The minimum atomic E-state index is -3.66. The first-order chi connectivity index (χ1) is 12.9. The molecule has 3 heterocycles. The summed E-state index contributed by atoms with van der Waals surface area (Å²) in [5.41, 5.74) is 0. The van der Waals surface area contributed by atoms with Crippen molar-refractivity contribution in [1.29, 1.82) is 0 Å². The second-order valence-electron chi connectivity index (χ2n) is 6.43. The highest BCUT2D eigenvalue weighted by Gasteiger charge is 2.24. The summed E-state index contributed by atoms with van der Waals surface area (Å²) in [7, 11) is -3.66. The van der Waals surface area contributed by atoms with Crippen LogP contribution >= 0.6 is 22.7 Å². The van der Waals surface area contributed by atoms with Gasteiger partial charge in [0.1, 0.15) is 4.21 Å². The molecule has 0 radical (unpaired) electrons. The van der Waals surface area contributed by atoms with E-state index in [1.54, 1.807) is 17.4 Å². The van der Waals surface area contributed by atoms with Crippen LogP contribution in [0.2, 0.25) is 0 Å². The molecule has 7 nitrogen and oxygen atoms in total. The van der Waals surface area contributed by atoms with Gasteiger partial charge in [-0.1, -0.05) is 6.07 Å². The Morgan fingerprint density at radius 3 is 2.63 bits per heavy atom. The van der Waals surface area contributed by atoms with E-state index in [1.807, 2.05) is 6.07 Å². The molecule has 3 rings (SSSR count). The number of urea groups is 1. The highest BCUT2D eigenvalue weighted by atomic mass is 32.2. The summed E-state index contributed by atoms with van der Waals surface area (Å²) in [6.07, 6.45) is 2.97. The number of hydrogen-bond acceptors (Lipinski definition) is 6. The average molecular weight is 429 g/mol. The van der Waals surface area contributed by atoms with Gasteiger partial charge in [-0.2, -0.15) is 0 Å². The van der Waals surface area contributed by atoms with Gasteiger partial charge in [0.15, 0.2) is 0 Å². The van der Waals surface area contributed by atoms with Gasteiger partial charge in [0.2, 0.25) is 10.0 Å². The number of sulfonamides is 1. The molecule has 0 aliphatic carbocycles. The average Bonchev–Trinajstić information content (AvgIpc) is 3.37. The van der Waals surface area contributed by atoms with Crippen LogP contribution in [0.4, 0.5) is 4.79 Å². The van der Waals surface area contributed by atoms with E-state index in [1.165, 1.54) is 23.8 Å². The monoisotopic (exact) mass is 428 g/mol. The fourth-order valence-corrected chi connectivity index (χ4v) is 5.78. The number of nitrogens with two attached hydrogens (primary N) is 1. The van der Waals surface area contributed by atoms with Crippen LogP contribution < -0.4 is 15.8 Å². The molecule has 0 bridgehead atoms. The zero-order valence-corrected chi connectivity index (χ0v) is 17.3. The van der Waals surface area contributed by atoms with E-state index in [4.69, 9.17) is 5.14 Å². The Bertz CT molecular complexity index is 843. The van der Waals surface area contributed by atoms with Crippen LogP contribution in [0.25, 0.3) is 0 Å². The summed E-state index contributed by atoms with van der Waals surface area (Å²) in [5.74, 6) is 0. The van der Waals surface area contributed by atoms with Crippen LogP contribution in [0, 0.1) is 0 Å². The molecule has 10 heteroatoms. The summed E-state index contributed by atoms with van der Waals surface area (Å²) >= 11 is 2.85. The first-order valence-electron chi connectivity index (χ1n) is 8.84. The number of thiophene rings is 2. The third kappa shape index (κ3) is 5.76. The van der Waals surface area contributed by atoms with Crippen LogP contribution in [0.1, 0.15) is 28.6 Å². The highest BCUT2D eigenvalue weighted by Crippen LogP contribution is 2.27. The Hall–Kier alpha value is -1.46. The van der Waals surface area contributed by atoms with Crippen LogP contribution in [-0.4, -0.2) is 45.5 Å². The number of nitrogens with zero attached hydrogens (tertiary/aromatic N) is 1. The molecule has 0 saturated carbocycles. The molecule has 2 aromatic rings. The van der Waals surface area contributed by atoms with Crippen LogP contribution in [0.3, 0.4) is 0 Å². The van der Waals surface area contributed by atoms with Gasteiger partial charge in [0.05, 0.1) is 6.04 Å². The van der Waals surface area contributed by atoms with Gasteiger partial charge in [-0.05, 0) is 55.9 Å². The molecule has 0 unspecified atom stereocenters. The Labute approximate surface area is 167 Å². The lowest BCUT2D eigenvalue weighted by Gasteiger charge is -2.26. The number of amides is 2. The topological polar surface area (TPSA) is 105 Å². The van der Waals surface area contributed by atoms with Crippen molar-refractivity contribution < 1.29 is 13.2 Å². The number of likely N-dealkylation sites (tertiary alicyclic amines) is 1. The minimum absolute atomic E-state index is 0.145. The van der Waals surface area contributed by atoms with E-state index < -0.39 is 10.0 Å².